The SMILES string of the molecule is CC(C#C[Si](C)(C)C)OS(C)(=O)=O. The summed E-state index contributed by atoms with van der Waals surface area (Å²) >= 11 is 0. The van der Waals surface area contributed by atoms with Gasteiger partial charge >= 0.3 is 0 Å². The summed E-state index contributed by atoms with van der Waals surface area (Å²) in [5.74, 6) is 2.79. The van der Waals surface area contributed by atoms with Crippen molar-refractivity contribution in [2.24, 2.45) is 0 Å². The zero-order chi connectivity index (χ0) is 10.7. The number of hydrogen-bond acceptors (Lipinski definition) is 3. The van der Waals surface area contributed by atoms with Gasteiger partial charge < -0.3 is 0 Å². The van der Waals surface area contributed by atoms with Crippen molar-refractivity contribution in [3.05, 3.63) is 0 Å². The molecule has 0 fully saturated rings. The lowest BCUT2D eigenvalue weighted by molar-refractivity contribution is 0.286. The summed E-state index contributed by atoms with van der Waals surface area (Å²) in [6.45, 7) is 7.90. The first-order valence-electron chi connectivity index (χ1n) is 4.01. The van der Waals surface area contributed by atoms with Crippen LogP contribution in [0.2, 0.25) is 19.6 Å². The lowest BCUT2D eigenvalue weighted by Gasteiger charge is -2.06. The van der Waals surface area contributed by atoms with E-state index in [-0.39, 0.29) is 0 Å². The molecule has 3 nitrogen and oxygen atoms in total. The second-order valence-corrected chi connectivity index (χ2v) is 10.3. The molecule has 0 aromatic rings. The van der Waals surface area contributed by atoms with Gasteiger partial charge in [0.05, 0.1) is 6.26 Å². The number of hydrogen-bond donors (Lipinski definition) is 0. The van der Waals surface area contributed by atoms with Crippen LogP contribution in [0.1, 0.15) is 6.92 Å². The van der Waals surface area contributed by atoms with Gasteiger partial charge in [0.2, 0.25) is 0 Å². The van der Waals surface area contributed by atoms with Crippen LogP contribution in [0, 0.1) is 11.5 Å². The van der Waals surface area contributed by atoms with Crippen molar-refractivity contribution < 1.29 is 12.6 Å². The lowest BCUT2D eigenvalue weighted by atomic mass is 10.4. The molecule has 0 aromatic carbocycles. The molecule has 0 amide bonds. The molecule has 0 rings (SSSR count). The van der Waals surface area contributed by atoms with Crippen LogP contribution in [-0.4, -0.2) is 28.9 Å². The van der Waals surface area contributed by atoms with Crippen LogP contribution >= 0.6 is 0 Å². The molecule has 0 aromatic heterocycles. The van der Waals surface area contributed by atoms with E-state index in [1.54, 1.807) is 6.92 Å². The Balaban J connectivity index is 4.31. The third-order valence-electron chi connectivity index (χ3n) is 0.970. The van der Waals surface area contributed by atoms with Gasteiger partial charge in [-0.25, -0.2) is 0 Å². The van der Waals surface area contributed by atoms with Crippen LogP contribution < -0.4 is 0 Å². The fourth-order valence-corrected chi connectivity index (χ4v) is 1.81. The fourth-order valence-electron chi connectivity index (χ4n) is 0.604. The Morgan fingerprint density at radius 2 is 1.77 bits per heavy atom. The Kier molecular flexibility index (Phi) is 4.16. The van der Waals surface area contributed by atoms with E-state index in [9.17, 15) is 8.42 Å². The van der Waals surface area contributed by atoms with E-state index in [1.165, 1.54) is 0 Å². The molecule has 5 heteroatoms. The van der Waals surface area contributed by atoms with Crippen LogP contribution in [0.5, 0.6) is 0 Å². The molecule has 0 aliphatic heterocycles. The van der Waals surface area contributed by atoms with Crippen molar-refractivity contribution in [1.29, 1.82) is 0 Å². The molecule has 13 heavy (non-hydrogen) atoms. The van der Waals surface area contributed by atoms with E-state index in [0.29, 0.717) is 0 Å². The molecular formula is C8H16O3SSi. The smallest absolute Gasteiger partial charge is 0.254 e. The Hall–Kier alpha value is -0.313. The summed E-state index contributed by atoms with van der Waals surface area (Å²) in [4.78, 5) is 0. The minimum atomic E-state index is -3.38. The first kappa shape index (κ1) is 12.7. The van der Waals surface area contributed by atoms with Crippen LogP contribution in [-0.2, 0) is 14.3 Å². The molecule has 0 N–H and O–H groups in total. The van der Waals surface area contributed by atoms with Crippen LogP contribution in [0.15, 0.2) is 0 Å². The van der Waals surface area contributed by atoms with Gasteiger partial charge in [-0.05, 0) is 6.92 Å². The molecule has 76 valence electrons. The Labute approximate surface area is 81.6 Å². The van der Waals surface area contributed by atoms with Crippen LogP contribution in [0.25, 0.3) is 0 Å². The molecule has 0 bridgehead atoms. The first-order valence-corrected chi connectivity index (χ1v) is 9.33. The van der Waals surface area contributed by atoms with Gasteiger partial charge in [-0.15, -0.1) is 5.54 Å². The van der Waals surface area contributed by atoms with Crippen molar-refractivity contribution in [3.63, 3.8) is 0 Å². The van der Waals surface area contributed by atoms with Crippen LogP contribution in [0.3, 0.4) is 0 Å². The molecule has 0 aliphatic carbocycles. The summed E-state index contributed by atoms with van der Waals surface area (Å²) in [6.07, 6.45) is 0.487. The average Bonchev–Trinajstić information content (AvgIpc) is 1.78. The molecule has 0 saturated heterocycles. The molecule has 0 saturated carbocycles. The number of rotatable bonds is 2. The predicted molar refractivity (Wildman–Crippen MR) is 56.5 cm³/mol. The fraction of sp³-hybridized carbons (Fsp3) is 0.750. The third kappa shape index (κ3) is 9.60. The second kappa shape index (κ2) is 4.27. The summed E-state index contributed by atoms with van der Waals surface area (Å²) < 4.78 is 26.0. The maximum atomic E-state index is 10.7. The standard InChI is InChI=1S/C8H16O3SSi/c1-8(11-12(2,9)10)6-7-13(3,4)5/h8H,1-5H3. The highest BCUT2D eigenvalue weighted by molar-refractivity contribution is 7.86. The Bertz CT molecular complexity index is 316. The summed E-state index contributed by atoms with van der Waals surface area (Å²) in [6, 6.07) is 0. The van der Waals surface area contributed by atoms with Gasteiger partial charge in [-0.2, -0.15) is 8.42 Å². The maximum absolute atomic E-state index is 10.7. The van der Waals surface area contributed by atoms with Crippen molar-refractivity contribution in [2.75, 3.05) is 6.26 Å². The monoisotopic (exact) mass is 220 g/mol. The minimum absolute atomic E-state index is 0.540. The molecule has 0 radical (unpaired) electrons. The van der Waals surface area contributed by atoms with Crippen molar-refractivity contribution in [2.45, 2.75) is 32.7 Å². The highest BCUT2D eigenvalue weighted by atomic mass is 32.2. The molecule has 0 spiro atoms. The average molecular weight is 220 g/mol. The molecule has 0 heterocycles. The van der Waals surface area contributed by atoms with Gasteiger partial charge in [0.15, 0.2) is 0 Å². The van der Waals surface area contributed by atoms with Crippen molar-refractivity contribution in [1.82, 2.24) is 0 Å². The van der Waals surface area contributed by atoms with E-state index < -0.39 is 24.3 Å². The Morgan fingerprint density at radius 1 is 1.31 bits per heavy atom. The van der Waals surface area contributed by atoms with E-state index in [2.05, 4.69) is 35.3 Å². The van der Waals surface area contributed by atoms with E-state index in [1.807, 2.05) is 0 Å². The quantitative estimate of drug-likeness (QED) is 0.399. The zero-order valence-electron chi connectivity index (χ0n) is 8.71. The highest BCUT2D eigenvalue weighted by Gasteiger charge is 2.10. The van der Waals surface area contributed by atoms with Crippen molar-refractivity contribution in [3.8, 4) is 11.5 Å². The summed E-state index contributed by atoms with van der Waals surface area (Å²) in [5, 5.41) is 0. The van der Waals surface area contributed by atoms with Crippen molar-refractivity contribution >= 4 is 18.2 Å². The van der Waals surface area contributed by atoms with Crippen LogP contribution in [0.4, 0.5) is 0 Å². The third-order valence-corrected chi connectivity index (χ3v) is 2.50. The highest BCUT2D eigenvalue weighted by Crippen LogP contribution is 1.99. The minimum Gasteiger partial charge on any atom is -0.254 e. The summed E-state index contributed by atoms with van der Waals surface area (Å²) in [5.41, 5.74) is 3.04. The topological polar surface area (TPSA) is 43.4 Å². The van der Waals surface area contributed by atoms with E-state index in [0.717, 1.165) is 6.26 Å². The molecule has 1 atom stereocenters. The second-order valence-electron chi connectivity index (χ2n) is 3.96. The van der Waals surface area contributed by atoms with Gasteiger partial charge in [0, 0.05) is 0 Å². The van der Waals surface area contributed by atoms with Gasteiger partial charge in [-0.1, -0.05) is 25.6 Å². The Morgan fingerprint density at radius 3 is 2.08 bits per heavy atom. The summed E-state index contributed by atoms with van der Waals surface area (Å²) in [7, 11) is -4.81. The van der Waals surface area contributed by atoms with Gasteiger partial charge in [-0.3, -0.25) is 4.18 Å². The molecular weight excluding hydrogens is 204 g/mol. The van der Waals surface area contributed by atoms with Gasteiger partial charge in [0.25, 0.3) is 10.1 Å². The normalized spacial score (nSPS) is 14.5. The van der Waals surface area contributed by atoms with E-state index in [4.69, 9.17) is 0 Å². The maximum Gasteiger partial charge on any atom is 0.265 e. The molecule has 1 unspecified atom stereocenters. The lowest BCUT2D eigenvalue weighted by Crippen LogP contribution is -2.19. The first-order chi connectivity index (χ1) is 5.60. The largest absolute Gasteiger partial charge is 0.265 e. The predicted octanol–water partition coefficient (Wildman–Crippen LogP) is 1.23. The molecule has 0 aliphatic rings. The van der Waals surface area contributed by atoms with Gasteiger partial charge in [0.1, 0.15) is 14.2 Å². The zero-order valence-corrected chi connectivity index (χ0v) is 10.5. The van der Waals surface area contributed by atoms with E-state index >= 15 is 0 Å².